The summed E-state index contributed by atoms with van der Waals surface area (Å²) in [5, 5.41) is 23.2. The van der Waals surface area contributed by atoms with Gasteiger partial charge in [-0.1, -0.05) is 26.8 Å². The summed E-state index contributed by atoms with van der Waals surface area (Å²) >= 11 is 0. The molecule has 4 saturated carbocycles. The summed E-state index contributed by atoms with van der Waals surface area (Å²) in [5.74, 6) is 1.80. The molecule has 2 aliphatic heterocycles. The highest BCUT2D eigenvalue weighted by atomic mass is 16.6. The summed E-state index contributed by atoms with van der Waals surface area (Å²) in [7, 11) is 1.83. The van der Waals surface area contributed by atoms with Crippen molar-refractivity contribution in [3.8, 4) is 11.5 Å². The van der Waals surface area contributed by atoms with Gasteiger partial charge in [-0.2, -0.15) is 0 Å². The van der Waals surface area contributed by atoms with Crippen LogP contribution in [0.25, 0.3) is 0 Å². The first-order chi connectivity index (χ1) is 16.0. The Bertz CT molecular complexity index is 1060. The Morgan fingerprint density at radius 2 is 1.91 bits per heavy atom. The molecule has 4 bridgehead atoms. The lowest BCUT2D eigenvalue weighted by molar-refractivity contribution is -0.312. The maximum Gasteiger partial charge on any atom is 0.165 e. The molecule has 186 valence electrons. The van der Waals surface area contributed by atoms with Crippen LogP contribution < -0.4 is 4.74 Å². The van der Waals surface area contributed by atoms with Gasteiger partial charge in [-0.25, -0.2) is 0 Å². The van der Waals surface area contributed by atoms with E-state index in [-0.39, 0.29) is 34.0 Å². The Labute approximate surface area is 203 Å². The topological polar surface area (TPSA) is 62.2 Å². The van der Waals surface area contributed by atoms with Crippen molar-refractivity contribution in [2.24, 2.45) is 22.7 Å². The SMILES string of the molecule is COC12CCC3(CC1C(C)(O)C(C)(C)C)[C@H]1Cc4ccc(O)c5c4[C@@]3(CCN1CC1CC1)C2O5. The zero-order valence-electron chi connectivity index (χ0n) is 21.5. The van der Waals surface area contributed by atoms with Gasteiger partial charge in [-0.05, 0) is 81.4 Å². The molecule has 1 aromatic rings. The second-order valence-corrected chi connectivity index (χ2v) is 13.8. The number of rotatable bonds is 4. The molecule has 7 aliphatic rings. The molecule has 0 amide bonds. The molecule has 5 unspecified atom stereocenters. The van der Waals surface area contributed by atoms with Crippen LogP contribution in [-0.4, -0.2) is 58.7 Å². The molecular weight excluding hydrogens is 426 g/mol. The lowest BCUT2D eigenvalue weighted by Gasteiger charge is -2.75. The van der Waals surface area contributed by atoms with E-state index in [2.05, 4.69) is 31.7 Å². The zero-order valence-corrected chi connectivity index (χ0v) is 21.5. The van der Waals surface area contributed by atoms with Crippen molar-refractivity contribution in [3.05, 3.63) is 23.3 Å². The highest BCUT2D eigenvalue weighted by Crippen LogP contribution is 2.78. The molecule has 1 aromatic carbocycles. The van der Waals surface area contributed by atoms with Crippen LogP contribution >= 0.6 is 0 Å². The fourth-order valence-corrected chi connectivity index (χ4v) is 9.58. The number of phenols is 1. The van der Waals surface area contributed by atoms with Crippen molar-refractivity contribution in [3.63, 3.8) is 0 Å². The van der Waals surface area contributed by atoms with Crippen LogP contribution in [0.15, 0.2) is 12.1 Å². The van der Waals surface area contributed by atoms with E-state index in [0.717, 1.165) is 44.6 Å². The Morgan fingerprint density at radius 1 is 1.15 bits per heavy atom. The molecule has 2 N–H and O–H groups in total. The maximum absolute atomic E-state index is 12.2. The van der Waals surface area contributed by atoms with Gasteiger partial charge < -0.3 is 19.7 Å². The minimum absolute atomic E-state index is 0.0294. The van der Waals surface area contributed by atoms with Crippen molar-refractivity contribution in [1.29, 1.82) is 0 Å². The van der Waals surface area contributed by atoms with Crippen LogP contribution in [0.3, 0.4) is 0 Å². The van der Waals surface area contributed by atoms with Gasteiger partial charge in [0.2, 0.25) is 0 Å². The van der Waals surface area contributed by atoms with Gasteiger partial charge in [0, 0.05) is 42.0 Å². The third-order valence-corrected chi connectivity index (χ3v) is 11.9. The molecule has 1 saturated heterocycles. The number of ether oxygens (including phenoxy) is 2. The number of nitrogens with zero attached hydrogens (tertiary/aromatic N) is 1. The van der Waals surface area contributed by atoms with Crippen LogP contribution in [-0.2, 0) is 16.6 Å². The van der Waals surface area contributed by atoms with E-state index in [1.54, 1.807) is 0 Å². The smallest absolute Gasteiger partial charge is 0.165 e. The maximum atomic E-state index is 12.2. The normalized spacial score (nSPS) is 43.9. The second-order valence-electron chi connectivity index (χ2n) is 13.8. The Balaban J connectivity index is 1.47. The number of hydrogen-bond donors (Lipinski definition) is 2. The van der Waals surface area contributed by atoms with Gasteiger partial charge >= 0.3 is 0 Å². The van der Waals surface area contributed by atoms with Gasteiger partial charge in [-0.3, -0.25) is 4.90 Å². The molecule has 34 heavy (non-hydrogen) atoms. The number of benzene rings is 1. The summed E-state index contributed by atoms with van der Waals surface area (Å²) in [6.45, 7) is 10.8. The minimum Gasteiger partial charge on any atom is -0.504 e. The van der Waals surface area contributed by atoms with Crippen LogP contribution in [0.5, 0.6) is 11.5 Å². The fourth-order valence-electron chi connectivity index (χ4n) is 9.58. The average Bonchev–Trinajstić information content (AvgIpc) is 3.53. The van der Waals surface area contributed by atoms with Crippen molar-refractivity contribution in [1.82, 2.24) is 4.90 Å². The lowest BCUT2D eigenvalue weighted by atomic mass is 9.33. The lowest BCUT2D eigenvalue weighted by Crippen LogP contribution is -2.83. The Kier molecular flexibility index (Phi) is 4.08. The molecule has 5 aliphatic carbocycles. The van der Waals surface area contributed by atoms with Gasteiger partial charge in [-0.15, -0.1) is 0 Å². The van der Waals surface area contributed by atoms with Gasteiger partial charge in [0.1, 0.15) is 11.7 Å². The highest BCUT2D eigenvalue weighted by molar-refractivity contribution is 5.63. The number of piperidine rings is 1. The van der Waals surface area contributed by atoms with Gasteiger partial charge in [0.15, 0.2) is 11.5 Å². The van der Waals surface area contributed by atoms with Crippen LogP contribution in [0.4, 0.5) is 0 Å². The van der Waals surface area contributed by atoms with E-state index in [4.69, 9.17) is 9.47 Å². The monoisotopic (exact) mass is 467 g/mol. The molecule has 0 aromatic heterocycles. The Hall–Kier alpha value is -1.30. The predicted molar refractivity (Wildman–Crippen MR) is 130 cm³/mol. The Morgan fingerprint density at radius 3 is 2.59 bits per heavy atom. The van der Waals surface area contributed by atoms with Gasteiger partial charge in [0.25, 0.3) is 0 Å². The molecule has 2 heterocycles. The van der Waals surface area contributed by atoms with Crippen molar-refractivity contribution in [2.45, 2.75) is 101 Å². The van der Waals surface area contributed by atoms with Gasteiger partial charge in [0.05, 0.1) is 5.60 Å². The third-order valence-electron chi connectivity index (χ3n) is 11.9. The summed E-state index contributed by atoms with van der Waals surface area (Å²) in [6.07, 6.45) is 7.64. The second kappa shape index (κ2) is 6.33. The first-order valence-corrected chi connectivity index (χ1v) is 13.6. The average molecular weight is 468 g/mol. The summed E-state index contributed by atoms with van der Waals surface area (Å²) in [6, 6.07) is 4.46. The van der Waals surface area contributed by atoms with Crippen molar-refractivity contribution >= 4 is 0 Å². The first-order valence-electron chi connectivity index (χ1n) is 13.6. The fraction of sp³-hybridized carbons (Fsp3) is 0.793. The van der Waals surface area contributed by atoms with Crippen LogP contribution in [0, 0.1) is 22.7 Å². The van der Waals surface area contributed by atoms with Crippen molar-refractivity contribution in [2.75, 3.05) is 20.2 Å². The number of phenolic OH excluding ortho intramolecular Hbond substituents is 1. The molecule has 5 heteroatoms. The molecule has 7 atom stereocenters. The largest absolute Gasteiger partial charge is 0.504 e. The zero-order chi connectivity index (χ0) is 23.9. The molecule has 0 radical (unpaired) electrons. The van der Waals surface area contributed by atoms with E-state index < -0.39 is 11.2 Å². The van der Waals surface area contributed by atoms with E-state index in [9.17, 15) is 10.2 Å². The predicted octanol–water partition coefficient (Wildman–Crippen LogP) is 4.41. The van der Waals surface area contributed by atoms with E-state index >= 15 is 0 Å². The number of methoxy groups -OCH3 is 1. The number of likely N-dealkylation sites (tertiary alicyclic amines) is 1. The van der Waals surface area contributed by atoms with E-state index in [1.165, 1.54) is 30.5 Å². The van der Waals surface area contributed by atoms with Crippen molar-refractivity contribution < 1.29 is 19.7 Å². The summed E-state index contributed by atoms with van der Waals surface area (Å²) in [5.41, 5.74) is 0.783. The summed E-state index contributed by atoms with van der Waals surface area (Å²) < 4.78 is 13.5. The van der Waals surface area contributed by atoms with Crippen LogP contribution in [0.2, 0.25) is 0 Å². The van der Waals surface area contributed by atoms with Crippen LogP contribution in [0.1, 0.15) is 77.3 Å². The number of hydrogen-bond acceptors (Lipinski definition) is 5. The molecule has 2 spiro atoms. The quantitative estimate of drug-likeness (QED) is 0.687. The summed E-state index contributed by atoms with van der Waals surface area (Å²) in [4.78, 5) is 2.82. The standard InChI is InChI=1S/C29H41NO4/c1-25(2,3)26(4,32)20-15-27-10-11-29(20,33-5)24-28(27)12-13-30(16-17-6-7-17)21(27)14-18-8-9-19(31)23(34-24)22(18)28/h8-9,17,20-21,24,31-32H,6-7,10-16H2,1-5H3/t20?,21-,24?,26?,27?,28+,29?/m1/s1. The van der Waals surface area contributed by atoms with E-state index in [0.29, 0.717) is 11.8 Å². The molecule has 5 fully saturated rings. The third kappa shape index (κ3) is 2.25. The number of aliphatic hydroxyl groups is 1. The first kappa shape index (κ1) is 21.9. The molecular formula is C29H41NO4. The highest BCUT2D eigenvalue weighted by Gasteiger charge is 2.82. The van der Waals surface area contributed by atoms with E-state index in [1.807, 2.05) is 20.1 Å². The molecule has 5 nitrogen and oxygen atoms in total. The minimum atomic E-state index is -0.909. The number of aromatic hydroxyl groups is 1. The number of fused-ring (bicyclic) bond motifs is 2. The molecule has 8 rings (SSSR count).